The minimum Gasteiger partial charge on any atom is -0.370 e. The van der Waals surface area contributed by atoms with Crippen LogP contribution in [0.1, 0.15) is 12.8 Å². The number of amides is 1. The van der Waals surface area contributed by atoms with Crippen LogP contribution in [0.5, 0.6) is 0 Å². The van der Waals surface area contributed by atoms with Gasteiger partial charge in [0, 0.05) is 6.42 Å². The molecule has 0 aromatic rings. The molecule has 1 heterocycles. The van der Waals surface area contributed by atoms with E-state index in [0.29, 0.717) is 12.3 Å². The highest BCUT2D eigenvalue weighted by molar-refractivity contribution is 7.99. The maximum absolute atomic E-state index is 10.4. The highest BCUT2D eigenvalue weighted by Crippen LogP contribution is 2.25. The van der Waals surface area contributed by atoms with Gasteiger partial charge in [0.2, 0.25) is 5.91 Å². The van der Waals surface area contributed by atoms with Crippen LogP contribution in [0.15, 0.2) is 0 Å². The molecule has 0 aromatic heterocycles. The first kappa shape index (κ1) is 6.93. The van der Waals surface area contributed by atoms with Gasteiger partial charge in [0.15, 0.2) is 0 Å². The van der Waals surface area contributed by atoms with Crippen LogP contribution < -0.4 is 5.73 Å². The van der Waals surface area contributed by atoms with Gasteiger partial charge in [-0.25, -0.2) is 0 Å². The van der Waals surface area contributed by atoms with Crippen LogP contribution >= 0.6 is 11.8 Å². The van der Waals surface area contributed by atoms with E-state index in [1.165, 1.54) is 12.2 Å². The molecule has 0 radical (unpaired) electrons. The van der Waals surface area contributed by atoms with Gasteiger partial charge in [0.1, 0.15) is 0 Å². The number of carbonyl (C=O) groups excluding carboxylic acids is 1. The van der Waals surface area contributed by atoms with E-state index < -0.39 is 0 Å². The standard InChI is InChI=1S/C6H11NOS/c7-6(8)3-5-1-2-9-4-5/h5H,1-4H2,(H2,7,8)/t5-/m0/s1. The Morgan fingerprint density at radius 1 is 1.78 bits per heavy atom. The zero-order chi connectivity index (χ0) is 6.69. The quantitative estimate of drug-likeness (QED) is 0.619. The summed E-state index contributed by atoms with van der Waals surface area (Å²) < 4.78 is 0. The Balaban J connectivity index is 2.19. The first-order chi connectivity index (χ1) is 4.29. The second-order valence-corrected chi connectivity index (χ2v) is 3.55. The lowest BCUT2D eigenvalue weighted by Crippen LogP contribution is -2.15. The number of thioether (sulfide) groups is 1. The molecule has 0 saturated carbocycles. The van der Waals surface area contributed by atoms with Gasteiger partial charge in [-0.3, -0.25) is 4.79 Å². The number of nitrogens with two attached hydrogens (primary N) is 1. The summed E-state index contributed by atoms with van der Waals surface area (Å²) in [5, 5.41) is 0. The minimum absolute atomic E-state index is 0.150. The van der Waals surface area contributed by atoms with Crippen molar-refractivity contribution in [3.8, 4) is 0 Å². The van der Waals surface area contributed by atoms with Gasteiger partial charge in [0.25, 0.3) is 0 Å². The van der Waals surface area contributed by atoms with Crippen molar-refractivity contribution in [2.45, 2.75) is 12.8 Å². The zero-order valence-electron chi connectivity index (χ0n) is 5.30. The van der Waals surface area contributed by atoms with Gasteiger partial charge in [0.05, 0.1) is 0 Å². The Bertz CT molecular complexity index is 110. The third kappa shape index (κ3) is 2.26. The highest BCUT2D eigenvalue weighted by atomic mass is 32.2. The number of hydrogen-bond donors (Lipinski definition) is 1. The fraction of sp³-hybridized carbons (Fsp3) is 0.833. The normalized spacial score (nSPS) is 26.4. The molecule has 1 saturated heterocycles. The van der Waals surface area contributed by atoms with Crippen molar-refractivity contribution in [3.05, 3.63) is 0 Å². The lowest BCUT2D eigenvalue weighted by molar-refractivity contribution is -0.118. The molecule has 0 spiro atoms. The average Bonchev–Trinajstić information content (AvgIpc) is 2.15. The molecule has 2 N–H and O–H groups in total. The Morgan fingerprint density at radius 2 is 2.56 bits per heavy atom. The van der Waals surface area contributed by atoms with E-state index in [1.807, 2.05) is 11.8 Å². The van der Waals surface area contributed by atoms with Crippen LogP contribution in [0, 0.1) is 5.92 Å². The molecule has 0 aliphatic carbocycles. The van der Waals surface area contributed by atoms with Crippen molar-refractivity contribution in [3.63, 3.8) is 0 Å². The fourth-order valence-electron chi connectivity index (χ4n) is 1.03. The van der Waals surface area contributed by atoms with Crippen molar-refractivity contribution in [1.29, 1.82) is 0 Å². The van der Waals surface area contributed by atoms with Crippen molar-refractivity contribution in [2.75, 3.05) is 11.5 Å². The molecule has 1 atom stereocenters. The third-order valence-corrected chi connectivity index (χ3v) is 2.75. The molecular formula is C6H11NOS. The largest absolute Gasteiger partial charge is 0.370 e. The summed E-state index contributed by atoms with van der Waals surface area (Å²) in [5.74, 6) is 2.76. The summed E-state index contributed by atoms with van der Waals surface area (Å²) in [7, 11) is 0. The maximum Gasteiger partial charge on any atom is 0.217 e. The van der Waals surface area contributed by atoms with Gasteiger partial charge < -0.3 is 5.73 Å². The lowest BCUT2D eigenvalue weighted by atomic mass is 10.1. The van der Waals surface area contributed by atoms with E-state index in [0.717, 1.165) is 5.75 Å². The van der Waals surface area contributed by atoms with E-state index >= 15 is 0 Å². The SMILES string of the molecule is NC(=O)C[C@@H]1CCSC1. The summed E-state index contributed by atoms with van der Waals surface area (Å²) in [4.78, 5) is 10.4. The predicted molar refractivity (Wildman–Crippen MR) is 39.2 cm³/mol. The van der Waals surface area contributed by atoms with Crippen molar-refractivity contribution in [2.24, 2.45) is 11.7 Å². The Kier molecular flexibility index (Phi) is 2.39. The molecule has 1 amide bonds. The van der Waals surface area contributed by atoms with Crippen LogP contribution in [-0.4, -0.2) is 17.4 Å². The van der Waals surface area contributed by atoms with Gasteiger partial charge in [-0.15, -0.1) is 0 Å². The van der Waals surface area contributed by atoms with Crippen molar-refractivity contribution in [1.82, 2.24) is 0 Å². The topological polar surface area (TPSA) is 43.1 Å². The Morgan fingerprint density at radius 3 is 3.00 bits per heavy atom. The first-order valence-electron chi connectivity index (χ1n) is 3.15. The number of primary amides is 1. The molecule has 2 nitrogen and oxygen atoms in total. The monoisotopic (exact) mass is 145 g/mol. The molecular weight excluding hydrogens is 134 g/mol. The smallest absolute Gasteiger partial charge is 0.217 e. The molecule has 1 fully saturated rings. The molecule has 9 heavy (non-hydrogen) atoms. The van der Waals surface area contributed by atoms with Crippen molar-refractivity contribution >= 4 is 17.7 Å². The lowest BCUT2D eigenvalue weighted by Gasteiger charge is -2.01. The number of carbonyl (C=O) groups is 1. The van der Waals surface area contributed by atoms with Gasteiger partial charge in [-0.2, -0.15) is 11.8 Å². The summed E-state index contributed by atoms with van der Waals surface area (Å²) >= 11 is 1.92. The molecule has 1 aliphatic rings. The van der Waals surface area contributed by atoms with Crippen LogP contribution in [0.3, 0.4) is 0 Å². The predicted octanol–water partition coefficient (Wildman–Crippen LogP) is 0.615. The first-order valence-corrected chi connectivity index (χ1v) is 4.30. The van der Waals surface area contributed by atoms with E-state index in [9.17, 15) is 4.79 Å². The molecule has 52 valence electrons. The molecule has 0 bridgehead atoms. The number of hydrogen-bond acceptors (Lipinski definition) is 2. The Hall–Kier alpha value is -0.180. The summed E-state index contributed by atoms with van der Waals surface area (Å²) in [6, 6.07) is 0. The van der Waals surface area contributed by atoms with Crippen LogP contribution in [-0.2, 0) is 4.79 Å². The van der Waals surface area contributed by atoms with E-state index in [2.05, 4.69) is 0 Å². The van der Waals surface area contributed by atoms with Gasteiger partial charge in [-0.05, 0) is 23.8 Å². The van der Waals surface area contributed by atoms with Gasteiger partial charge in [-0.1, -0.05) is 0 Å². The summed E-state index contributed by atoms with van der Waals surface area (Å²) in [6.45, 7) is 0. The zero-order valence-corrected chi connectivity index (χ0v) is 6.12. The van der Waals surface area contributed by atoms with E-state index in [4.69, 9.17) is 5.73 Å². The molecule has 0 aromatic carbocycles. The third-order valence-electron chi connectivity index (χ3n) is 1.51. The van der Waals surface area contributed by atoms with Crippen molar-refractivity contribution < 1.29 is 4.79 Å². The average molecular weight is 145 g/mol. The molecule has 3 heteroatoms. The van der Waals surface area contributed by atoms with Gasteiger partial charge >= 0.3 is 0 Å². The molecule has 1 aliphatic heterocycles. The summed E-state index contributed by atoms with van der Waals surface area (Å²) in [6.07, 6.45) is 1.76. The maximum atomic E-state index is 10.4. The fourth-order valence-corrected chi connectivity index (χ4v) is 2.31. The van der Waals surface area contributed by atoms with Crippen LogP contribution in [0.2, 0.25) is 0 Å². The molecule has 0 unspecified atom stereocenters. The summed E-state index contributed by atoms with van der Waals surface area (Å²) in [5.41, 5.74) is 5.02. The van der Waals surface area contributed by atoms with E-state index in [-0.39, 0.29) is 5.91 Å². The number of rotatable bonds is 2. The minimum atomic E-state index is -0.150. The Labute approximate surface area is 59.2 Å². The second kappa shape index (κ2) is 3.11. The molecule has 1 rings (SSSR count). The van der Waals surface area contributed by atoms with Crippen LogP contribution in [0.25, 0.3) is 0 Å². The van der Waals surface area contributed by atoms with Crippen LogP contribution in [0.4, 0.5) is 0 Å². The van der Waals surface area contributed by atoms with E-state index in [1.54, 1.807) is 0 Å². The second-order valence-electron chi connectivity index (χ2n) is 2.40. The highest BCUT2D eigenvalue weighted by Gasteiger charge is 2.16.